The van der Waals surface area contributed by atoms with E-state index in [4.69, 9.17) is 9.47 Å². The summed E-state index contributed by atoms with van der Waals surface area (Å²) in [6, 6.07) is 15.7. The molecule has 0 heterocycles. The largest absolute Gasteiger partial charge is 0.458 e. The van der Waals surface area contributed by atoms with Gasteiger partial charge in [-0.3, -0.25) is 0 Å². The molecule has 0 N–H and O–H groups in total. The molecule has 37 heavy (non-hydrogen) atoms. The standard InChI is InChI=1S/C33H44O4/c1-4-24-6-10-26(11-7-24)28-14-18-30(19-15-28)32(34)36-22-23(3)37-33(35)31-20-16-29(17-21-31)27-12-8-25(5-2)9-13-27/h14-21,23-27H,4-13,22H2,1-3H3. The number of ether oxygens (including phenoxy) is 2. The molecule has 0 bridgehead atoms. The molecular formula is C33H44O4. The van der Waals surface area contributed by atoms with Gasteiger partial charge in [0.1, 0.15) is 12.7 Å². The van der Waals surface area contributed by atoms with E-state index in [0.717, 1.165) is 11.8 Å². The third kappa shape index (κ3) is 7.46. The van der Waals surface area contributed by atoms with Crippen molar-refractivity contribution < 1.29 is 19.1 Å². The fourth-order valence-electron chi connectivity index (χ4n) is 6.15. The lowest BCUT2D eigenvalue weighted by molar-refractivity contribution is 0.00447. The van der Waals surface area contributed by atoms with Gasteiger partial charge in [0.05, 0.1) is 11.1 Å². The van der Waals surface area contributed by atoms with Crippen molar-refractivity contribution >= 4 is 11.9 Å². The molecule has 0 aromatic heterocycles. The van der Waals surface area contributed by atoms with Crippen molar-refractivity contribution in [2.45, 2.75) is 103 Å². The van der Waals surface area contributed by atoms with E-state index in [1.54, 1.807) is 6.92 Å². The number of hydrogen-bond acceptors (Lipinski definition) is 4. The summed E-state index contributed by atoms with van der Waals surface area (Å²) < 4.78 is 11.0. The zero-order chi connectivity index (χ0) is 26.2. The van der Waals surface area contributed by atoms with E-state index in [2.05, 4.69) is 38.1 Å². The first-order chi connectivity index (χ1) is 18.0. The van der Waals surface area contributed by atoms with Crippen LogP contribution in [0.3, 0.4) is 0 Å². The molecule has 2 aliphatic carbocycles. The van der Waals surface area contributed by atoms with E-state index in [9.17, 15) is 9.59 Å². The molecule has 2 fully saturated rings. The van der Waals surface area contributed by atoms with Crippen LogP contribution in [0.5, 0.6) is 0 Å². The second kappa shape index (κ2) is 13.3. The zero-order valence-electron chi connectivity index (χ0n) is 22.9. The molecule has 2 aliphatic rings. The molecule has 0 saturated heterocycles. The van der Waals surface area contributed by atoms with Crippen LogP contribution in [-0.4, -0.2) is 24.6 Å². The zero-order valence-corrected chi connectivity index (χ0v) is 22.9. The van der Waals surface area contributed by atoms with Gasteiger partial charge in [-0.25, -0.2) is 9.59 Å². The Bertz CT molecular complexity index is 994. The summed E-state index contributed by atoms with van der Waals surface area (Å²) in [6.45, 7) is 6.35. The van der Waals surface area contributed by atoms with Crippen molar-refractivity contribution in [3.63, 3.8) is 0 Å². The lowest BCUT2D eigenvalue weighted by Gasteiger charge is -2.28. The molecular weight excluding hydrogens is 460 g/mol. The van der Waals surface area contributed by atoms with Crippen LogP contribution in [0.4, 0.5) is 0 Å². The molecule has 1 unspecified atom stereocenters. The molecule has 1 atom stereocenters. The minimum atomic E-state index is -0.520. The van der Waals surface area contributed by atoms with Gasteiger partial charge < -0.3 is 9.47 Å². The smallest absolute Gasteiger partial charge is 0.338 e. The second-order valence-electron chi connectivity index (χ2n) is 11.3. The van der Waals surface area contributed by atoms with Crippen molar-refractivity contribution in [3.05, 3.63) is 70.8 Å². The maximum atomic E-state index is 12.6. The highest BCUT2D eigenvalue weighted by molar-refractivity contribution is 5.90. The molecule has 4 nitrogen and oxygen atoms in total. The highest BCUT2D eigenvalue weighted by atomic mass is 16.6. The molecule has 2 saturated carbocycles. The first-order valence-electron chi connectivity index (χ1n) is 14.5. The average Bonchev–Trinajstić information content (AvgIpc) is 2.96. The van der Waals surface area contributed by atoms with E-state index in [1.807, 2.05) is 24.3 Å². The molecule has 2 aromatic carbocycles. The minimum absolute atomic E-state index is 0.0338. The van der Waals surface area contributed by atoms with Crippen LogP contribution in [0.1, 0.15) is 129 Å². The first kappa shape index (κ1) is 27.4. The Morgan fingerprint density at radius 1 is 0.676 bits per heavy atom. The van der Waals surface area contributed by atoms with E-state index in [-0.39, 0.29) is 18.5 Å². The van der Waals surface area contributed by atoms with Gasteiger partial charge in [-0.15, -0.1) is 0 Å². The number of esters is 2. The number of hydrogen-bond donors (Lipinski definition) is 0. The van der Waals surface area contributed by atoms with E-state index in [1.165, 1.54) is 75.3 Å². The van der Waals surface area contributed by atoms with Crippen LogP contribution >= 0.6 is 0 Å². The molecule has 200 valence electrons. The summed E-state index contributed by atoms with van der Waals surface area (Å²) in [5.74, 6) is 2.17. The second-order valence-corrected chi connectivity index (χ2v) is 11.3. The molecule has 4 rings (SSSR count). The lowest BCUT2D eigenvalue weighted by Crippen LogP contribution is -2.22. The summed E-state index contributed by atoms with van der Waals surface area (Å²) >= 11 is 0. The predicted molar refractivity (Wildman–Crippen MR) is 148 cm³/mol. The van der Waals surface area contributed by atoms with Crippen molar-refractivity contribution in [3.8, 4) is 0 Å². The quantitative estimate of drug-likeness (QED) is 0.321. The van der Waals surface area contributed by atoms with Gasteiger partial charge in [-0.2, -0.15) is 0 Å². The van der Waals surface area contributed by atoms with Crippen LogP contribution in [-0.2, 0) is 9.47 Å². The van der Waals surface area contributed by atoms with Gasteiger partial charge in [0.25, 0.3) is 0 Å². The maximum absolute atomic E-state index is 12.6. The Morgan fingerprint density at radius 3 is 1.49 bits per heavy atom. The number of rotatable bonds is 9. The van der Waals surface area contributed by atoms with Gasteiger partial charge in [-0.05, 0) is 117 Å². The lowest BCUT2D eigenvalue weighted by atomic mass is 9.78. The number of carbonyl (C=O) groups is 2. The van der Waals surface area contributed by atoms with Gasteiger partial charge >= 0.3 is 11.9 Å². The Morgan fingerprint density at radius 2 is 1.08 bits per heavy atom. The number of carbonyl (C=O) groups excluding carboxylic acids is 2. The van der Waals surface area contributed by atoms with Gasteiger partial charge in [0.2, 0.25) is 0 Å². The van der Waals surface area contributed by atoms with E-state index in [0.29, 0.717) is 23.0 Å². The Labute approximate surface area is 223 Å². The molecule has 0 radical (unpaired) electrons. The Hall–Kier alpha value is -2.62. The normalized spacial score (nSPS) is 24.7. The number of benzene rings is 2. The van der Waals surface area contributed by atoms with E-state index >= 15 is 0 Å². The fraction of sp³-hybridized carbons (Fsp3) is 0.576. The molecule has 0 aliphatic heterocycles. The third-order valence-corrected chi connectivity index (χ3v) is 8.84. The van der Waals surface area contributed by atoms with Gasteiger partial charge in [0, 0.05) is 0 Å². The van der Waals surface area contributed by atoms with Gasteiger partial charge in [0.15, 0.2) is 0 Å². The summed E-state index contributed by atoms with van der Waals surface area (Å²) in [7, 11) is 0. The summed E-state index contributed by atoms with van der Waals surface area (Å²) in [6.07, 6.45) is 12.1. The average molecular weight is 505 g/mol. The molecule has 0 spiro atoms. The minimum Gasteiger partial charge on any atom is -0.458 e. The van der Waals surface area contributed by atoms with Crippen LogP contribution in [0.2, 0.25) is 0 Å². The van der Waals surface area contributed by atoms with Crippen molar-refractivity contribution in [2.24, 2.45) is 11.8 Å². The van der Waals surface area contributed by atoms with Crippen LogP contribution in [0, 0.1) is 11.8 Å². The van der Waals surface area contributed by atoms with Crippen LogP contribution < -0.4 is 0 Å². The highest BCUT2D eigenvalue weighted by Gasteiger charge is 2.23. The predicted octanol–water partition coefficient (Wildman–Crippen LogP) is 8.46. The SMILES string of the molecule is CCC1CCC(c2ccc(C(=O)OCC(C)OC(=O)c3ccc(C4CCC(CC)CC4)cc3)cc2)CC1. The van der Waals surface area contributed by atoms with E-state index < -0.39 is 6.10 Å². The molecule has 0 amide bonds. The summed E-state index contributed by atoms with van der Waals surface area (Å²) in [4.78, 5) is 25.1. The fourth-order valence-corrected chi connectivity index (χ4v) is 6.15. The third-order valence-electron chi connectivity index (χ3n) is 8.84. The summed E-state index contributed by atoms with van der Waals surface area (Å²) in [5, 5.41) is 0. The monoisotopic (exact) mass is 504 g/mol. The Balaban J connectivity index is 1.21. The van der Waals surface area contributed by atoms with Crippen molar-refractivity contribution in [1.29, 1.82) is 0 Å². The van der Waals surface area contributed by atoms with Crippen molar-refractivity contribution in [2.75, 3.05) is 6.61 Å². The molecule has 2 aromatic rings. The van der Waals surface area contributed by atoms with Crippen LogP contribution in [0.15, 0.2) is 48.5 Å². The van der Waals surface area contributed by atoms with Crippen LogP contribution in [0.25, 0.3) is 0 Å². The highest BCUT2D eigenvalue weighted by Crippen LogP contribution is 2.38. The molecule has 4 heteroatoms. The summed E-state index contributed by atoms with van der Waals surface area (Å²) in [5.41, 5.74) is 3.70. The maximum Gasteiger partial charge on any atom is 0.338 e. The van der Waals surface area contributed by atoms with Gasteiger partial charge in [-0.1, -0.05) is 51.0 Å². The van der Waals surface area contributed by atoms with Crippen molar-refractivity contribution in [1.82, 2.24) is 0 Å². The first-order valence-corrected chi connectivity index (χ1v) is 14.5. The Kier molecular flexibility index (Phi) is 9.82. The topological polar surface area (TPSA) is 52.6 Å².